The number of nitrogens with one attached hydrogen (secondary N) is 2. The number of anilines is 1. The molecule has 0 aromatic carbocycles. The third kappa shape index (κ3) is 2.55. The van der Waals surface area contributed by atoms with Crippen LogP contribution in [0.15, 0.2) is 18.5 Å². The number of hydrogen-bond donors (Lipinski definition) is 2. The summed E-state index contributed by atoms with van der Waals surface area (Å²) in [5, 5.41) is 3.38. The van der Waals surface area contributed by atoms with E-state index in [1.807, 2.05) is 4.90 Å². The number of aromatic nitrogens is 2. The molecule has 0 spiro atoms. The number of pyridine rings is 1. The number of rotatable bonds is 1. The van der Waals surface area contributed by atoms with Gasteiger partial charge in [-0.25, -0.2) is 4.98 Å². The van der Waals surface area contributed by atoms with Gasteiger partial charge in [-0.15, -0.1) is 12.4 Å². The Morgan fingerprint density at radius 1 is 1.20 bits per heavy atom. The summed E-state index contributed by atoms with van der Waals surface area (Å²) < 4.78 is 38.7. The second-order valence-electron chi connectivity index (χ2n) is 4.50. The molecular formula is C12H14ClF3N4. The normalized spacial score (nSPS) is 16.2. The van der Waals surface area contributed by atoms with Gasteiger partial charge in [-0.05, 0) is 6.07 Å². The van der Waals surface area contributed by atoms with Crippen molar-refractivity contribution in [3.05, 3.63) is 24.0 Å². The van der Waals surface area contributed by atoms with Crippen molar-refractivity contribution in [2.45, 2.75) is 6.18 Å². The van der Waals surface area contributed by atoms with E-state index in [4.69, 9.17) is 0 Å². The molecule has 2 aromatic heterocycles. The molecule has 20 heavy (non-hydrogen) atoms. The van der Waals surface area contributed by atoms with Crippen LogP contribution in [0.2, 0.25) is 0 Å². The van der Waals surface area contributed by atoms with E-state index in [9.17, 15) is 13.2 Å². The Labute approximate surface area is 119 Å². The number of aromatic amines is 1. The standard InChI is InChI=1S/C12H13F3N4.ClH/c13-12(14,15)9-7-18-11(10-8(9)1-2-17-10)19-5-3-16-4-6-19;/h1-2,7,16-17H,3-6H2;1H. The van der Waals surface area contributed by atoms with Gasteiger partial charge in [-0.3, -0.25) is 0 Å². The van der Waals surface area contributed by atoms with E-state index in [1.54, 1.807) is 0 Å². The van der Waals surface area contributed by atoms with Crippen molar-refractivity contribution >= 4 is 29.1 Å². The van der Waals surface area contributed by atoms with Crippen molar-refractivity contribution in [1.29, 1.82) is 0 Å². The number of piperazine rings is 1. The maximum Gasteiger partial charge on any atom is 0.418 e. The van der Waals surface area contributed by atoms with E-state index in [-0.39, 0.29) is 17.8 Å². The summed E-state index contributed by atoms with van der Waals surface area (Å²) >= 11 is 0. The van der Waals surface area contributed by atoms with Crippen LogP contribution in [0.5, 0.6) is 0 Å². The van der Waals surface area contributed by atoms with Crippen molar-refractivity contribution in [3.63, 3.8) is 0 Å². The summed E-state index contributed by atoms with van der Waals surface area (Å²) in [5.41, 5.74) is -0.237. The molecule has 3 rings (SSSR count). The zero-order valence-corrected chi connectivity index (χ0v) is 11.3. The molecule has 4 nitrogen and oxygen atoms in total. The average Bonchev–Trinajstić information content (AvgIpc) is 2.86. The predicted molar refractivity (Wildman–Crippen MR) is 73.4 cm³/mol. The van der Waals surface area contributed by atoms with Gasteiger partial charge in [-0.1, -0.05) is 0 Å². The summed E-state index contributed by atoms with van der Waals surface area (Å²) in [6.07, 6.45) is -1.93. The molecule has 0 atom stereocenters. The molecule has 0 radical (unpaired) electrons. The predicted octanol–water partition coefficient (Wildman–Crippen LogP) is 2.41. The van der Waals surface area contributed by atoms with Gasteiger partial charge in [0.1, 0.15) is 0 Å². The highest BCUT2D eigenvalue weighted by molar-refractivity contribution is 5.92. The van der Waals surface area contributed by atoms with E-state index in [1.165, 1.54) is 12.3 Å². The van der Waals surface area contributed by atoms with Gasteiger partial charge in [0.05, 0.1) is 11.1 Å². The fraction of sp³-hybridized carbons (Fsp3) is 0.417. The van der Waals surface area contributed by atoms with Gasteiger partial charge in [0.25, 0.3) is 0 Å². The number of hydrogen-bond acceptors (Lipinski definition) is 3. The van der Waals surface area contributed by atoms with Gasteiger partial charge in [0.2, 0.25) is 0 Å². The Balaban J connectivity index is 0.00000147. The smallest absolute Gasteiger partial charge is 0.358 e. The van der Waals surface area contributed by atoms with Crippen molar-refractivity contribution in [2.24, 2.45) is 0 Å². The van der Waals surface area contributed by atoms with Crippen LogP contribution in [-0.4, -0.2) is 36.1 Å². The first kappa shape index (κ1) is 14.9. The molecule has 2 aromatic rings. The van der Waals surface area contributed by atoms with Crippen molar-refractivity contribution in [2.75, 3.05) is 31.1 Å². The molecule has 2 N–H and O–H groups in total. The summed E-state index contributed by atoms with van der Waals surface area (Å²) in [4.78, 5) is 8.88. The molecule has 1 aliphatic rings. The largest absolute Gasteiger partial charge is 0.418 e. The number of halogens is 4. The zero-order chi connectivity index (χ0) is 13.5. The van der Waals surface area contributed by atoms with E-state index in [2.05, 4.69) is 15.3 Å². The average molecular weight is 307 g/mol. The highest BCUT2D eigenvalue weighted by Crippen LogP contribution is 2.36. The zero-order valence-electron chi connectivity index (χ0n) is 10.5. The lowest BCUT2D eigenvalue weighted by atomic mass is 10.1. The van der Waals surface area contributed by atoms with Crippen LogP contribution in [0.4, 0.5) is 19.0 Å². The molecule has 0 unspecified atom stereocenters. The van der Waals surface area contributed by atoms with Gasteiger partial charge in [0, 0.05) is 44.0 Å². The molecule has 1 fully saturated rings. The van der Waals surface area contributed by atoms with Crippen LogP contribution in [0, 0.1) is 0 Å². The summed E-state index contributed by atoms with van der Waals surface area (Å²) in [6.45, 7) is 3.11. The van der Waals surface area contributed by atoms with Crippen LogP contribution in [0.1, 0.15) is 5.56 Å². The molecular weight excluding hydrogens is 293 g/mol. The monoisotopic (exact) mass is 306 g/mol. The Morgan fingerprint density at radius 2 is 1.90 bits per heavy atom. The summed E-state index contributed by atoms with van der Waals surface area (Å²) in [7, 11) is 0. The third-order valence-electron chi connectivity index (χ3n) is 3.30. The highest BCUT2D eigenvalue weighted by Gasteiger charge is 2.34. The first-order chi connectivity index (χ1) is 9.07. The maximum absolute atomic E-state index is 12.9. The minimum atomic E-state index is -4.38. The highest BCUT2D eigenvalue weighted by atomic mass is 35.5. The van der Waals surface area contributed by atoms with Gasteiger partial charge in [0.15, 0.2) is 5.82 Å². The summed E-state index contributed by atoms with van der Waals surface area (Å²) in [6, 6.07) is 1.45. The number of H-pyrrole nitrogens is 1. The molecule has 8 heteroatoms. The molecule has 1 aliphatic heterocycles. The van der Waals surface area contributed by atoms with Gasteiger partial charge in [-0.2, -0.15) is 13.2 Å². The lowest BCUT2D eigenvalue weighted by Gasteiger charge is -2.29. The third-order valence-corrected chi connectivity index (χ3v) is 3.30. The molecule has 3 heterocycles. The molecule has 0 bridgehead atoms. The van der Waals surface area contributed by atoms with Gasteiger partial charge < -0.3 is 15.2 Å². The maximum atomic E-state index is 12.9. The molecule has 0 aliphatic carbocycles. The molecule has 0 amide bonds. The lowest BCUT2D eigenvalue weighted by molar-refractivity contribution is -0.136. The van der Waals surface area contributed by atoms with Crippen LogP contribution in [0.25, 0.3) is 10.9 Å². The van der Waals surface area contributed by atoms with E-state index >= 15 is 0 Å². The fourth-order valence-corrected chi connectivity index (χ4v) is 2.38. The van der Waals surface area contributed by atoms with Crippen LogP contribution in [0.3, 0.4) is 0 Å². The van der Waals surface area contributed by atoms with Crippen LogP contribution < -0.4 is 10.2 Å². The number of fused-ring (bicyclic) bond motifs is 1. The second-order valence-corrected chi connectivity index (χ2v) is 4.50. The molecule has 0 saturated carbocycles. The van der Waals surface area contributed by atoms with E-state index in [0.717, 1.165) is 32.4 Å². The Morgan fingerprint density at radius 3 is 2.55 bits per heavy atom. The van der Waals surface area contributed by atoms with Crippen molar-refractivity contribution in [3.8, 4) is 0 Å². The topological polar surface area (TPSA) is 44.0 Å². The molecule has 1 saturated heterocycles. The van der Waals surface area contributed by atoms with Crippen molar-refractivity contribution < 1.29 is 13.2 Å². The van der Waals surface area contributed by atoms with Gasteiger partial charge >= 0.3 is 6.18 Å². The summed E-state index contributed by atoms with van der Waals surface area (Å²) in [5.74, 6) is 0.592. The van der Waals surface area contributed by atoms with E-state index in [0.29, 0.717) is 11.3 Å². The SMILES string of the molecule is Cl.FC(F)(F)c1cnc(N2CCNCC2)c2[nH]ccc12. The minimum Gasteiger partial charge on any atom is -0.358 e. The number of alkyl halides is 3. The fourth-order valence-electron chi connectivity index (χ4n) is 2.38. The van der Waals surface area contributed by atoms with Crippen LogP contribution >= 0.6 is 12.4 Å². The molecule has 110 valence electrons. The Kier molecular flexibility index (Phi) is 4.10. The quantitative estimate of drug-likeness (QED) is 0.850. The Hall–Kier alpha value is -1.47. The second kappa shape index (κ2) is 5.49. The lowest BCUT2D eigenvalue weighted by Crippen LogP contribution is -2.44. The van der Waals surface area contributed by atoms with Crippen molar-refractivity contribution in [1.82, 2.24) is 15.3 Å². The van der Waals surface area contributed by atoms with E-state index < -0.39 is 11.7 Å². The Bertz CT molecular complexity index is 590. The minimum absolute atomic E-state index is 0. The van der Waals surface area contributed by atoms with Crippen LogP contribution in [-0.2, 0) is 6.18 Å². The number of nitrogens with zero attached hydrogens (tertiary/aromatic N) is 2. The first-order valence-electron chi connectivity index (χ1n) is 6.06. The first-order valence-corrected chi connectivity index (χ1v) is 6.06.